The van der Waals surface area contributed by atoms with E-state index in [1.165, 1.54) is 0 Å². The molecule has 0 aliphatic heterocycles. The van der Waals surface area contributed by atoms with Crippen molar-refractivity contribution in [1.82, 2.24) is 0 Å². The number of hydrogen-bond donors (Lipinski definition) is 0. The molecule has 0 heterocycles. The van der Waals surface area contributed by atoms with Gasteiger partial charge >= 0.3 is 0 Å². The van der Waals surface area contributed by atoms with Crippen molar-refractivity contribution in [2.75, 3.05) is 6.26 Å². The van der Waals surface area contributed by atoms with Gasteiger partial charge in [0.1, 0.15) is 0 Å². The first-order valence-electron chi connectivity index (χ1n) is 5.15. The maximum atomic E-state index is 12.1. The van der Waals surface area contributed by atoms with Crippen LogP contribution >= 0.6 is 23.4 Å². The summed E-state index contributed by atoms with van der Waals surface area (Å²) in [6.45, 7) is 0. The quantitative estimate of drug-likeness (QED) is 0.606. The SMILES string of the molecule is CSc1ccc(C(=O)c2ccc(Cl)cc2)cc1. The van der Waals surface area contributed by atoms with E-state index in [0.717, 1.165) is 4.90 Å². The maximum absolute atomic E-state index is 12.1. The van der Waals surface area contributed by atoms with Gasteiger partial charge in [0.15, 0.2) is 5.78 Å². The molecule has 0 atom stereocenters. The molecular weight excluding hydrogens is 252 g/mol. The number of rotatable bonds is 3. The van der Waals surface area contributed by atoms with Gasteiger partial charge in [-0.25, -0.2) is 0 Å². The van der Waals surface area contributed by atoms with Gasteiger partial charge in [-0.3, -0.25) is 4.79 Å². The molecule has 1 nitrogen and oxygen atoms in total. The van der Waals surface area contributed by atoms with Crippen molar-refractivity contribution in [2.24, 2.45) is 0 Å². The minimum Gasteiger partial charge on any atom is -0.289 e. The van der Waals surface area contributed by atoms with Crippen molar-refractivity contribution in [1.29, 1.82) is 0 Å². The lowest BCUT2D eigenvalue weighted by Gasteiger charge is -2.02. The fourth-order valence-electron chi connectivity index (χ4n) is 1.51. The van der Waals surface area contributed by atoms with Gasteiger partial charge in [-0.1, -0.05) is 11.6 Å². The molecule has 17 heavy (non-hydrogen) atoms. The monoisotopic (exact) mass is 262 g/mol. The molecule has 0 saturated heterocycles. The second-order valence-electron chi connectivity index (χ2n) is 3.56. The van der Waals surface area contributed by atoms with Gasteiger partial charge in [0.2, 0.25) is 0 Å². The molecule has 0 spiro atoms. The lowest BCUT2D eigenvalue weighted by molar-refractivity contribution is 0.103. The first-order chi connectivity index (χ1) is 8.20. The van der Waals surface area contributed by atoms with Crippen molar-refractivity contribution in [2.45, 2.75) is 4.90 Å². The fourth-order valence-corrected chi connectivity index (χ4v) is 2.04. The average Bonchev–Trinajstić information content (AvgIpc) is 2.39. The second kappa shape index (κ2) is 5.39. The van der Waals surface area contributed by atoms with Crippen LogP contribution in [-0.2, 0) is 0 Å². The van der Waals surface area contributed by atoms with Gasteiger partial charge in [-0.15, -0.1) is 11.8 Å². The molecule has 0 bridgehead atoms. The topological polar surface area (TPSA) is 17.1 Å². The second-order valence-corrected chi connectivity index (χ2v) is 4.88. The van der Waals surface area contributed by atoms with Crippen molar-refractivity contribution in [3.63, 3.8) is 0 Å². The van der Waals surface area contributed by atoms with Crippen molar-refractivity contribution in [3.8, 4) is 0 Å². The highest BCUT2D eigenvalue weighted by Gasteiger charge is 2.08. The summed E-state index contributed by atoms with van der Waals surface area (Å²) < 4.78 is 0. The summed E-state index contributed by atoms with van der Waals surface area (Å²) in [5.74, 6) is 0.0225. The summed E-state index contributed by atoms with van der Waals surface area (Å²) in [5, 5.41) is 0.638. The van der Waals surface area contributed by atoms with E-state index in [4.69, 9.17) is 11.6 Å². The zero-order valence-electron chi connectivity index (χ0n) is 9.31. The third-order valence-corrected chi connectivity index (χ3v) is 3.45. The summed E-state index contributed by atoms with van der Waals surface area (Å²) in [7, 11) is 0. The van der Waals surface area contributed by atoms with Gasteiger partial charge in [-0.05, 0) is 54.8 Å². The summed E-state index contributed by atoms with van der Waals surface area (Å²) in [5.41, 5.74) is 1.36. The number of carbonyl (C=O) groups is 1. The largest absolute Gasteiger partial charge is 0.289 e. The third kappa shape index (κ3) is 2.90. The van der Waals surface area contributed by atoms with Crippen molar-refractivity contribution >= 4 is 29.1 Å². The van der Waals surface area contributed by atoms with Crippen LogP contribution in [0.15, 0.2) is 53.4 Å². The molecule has 0 saturated carbocycles. The standard InChI is InChI=1S/C14H11ClOS/c1-17-13-8-4-11(5-9-13)14(16)10-2-6-12(15)7-3-10/h2-9H,1H3. The molecule has 2 aromatic carbocycles. The molecule has 0 fully saturated rings. The molecule has 2 rings (SSSR count). The van der Waals surface area contributed by atoms with Gasteiger partial charge in [0, 0.05) is 21.0 Å². The summed E-state index contributed by atoms with van der Waals surface area (Å²) in [6.07, 6.45) is 2.01. The molecule has 0 aliphatic rings. The highest BCUT2D eigenvalue weighted by atomic mass is 35.5. The van der Waals surface area contributed by atoms with Gasteiger partial charge in [-0.2, -0.15) is 0 Å². The number of benzene rings is 2. The van der Waals surface area contributed by atoms with Gasteiger partial charge in [0.25, 0.3) is 0 Å². The zero-order valence-corrected chi connectivity index (χ0v) is 10.9. The Labute approximate surface area is 110 Å². The molecular formula is C14H11ClOS. The Morgan fingerprint density at radius 3 is 1.88 bits per heavy atom. The third-order valence-electron chi connectivity index (χ3n) is 2.46. The van der Waals surface area contributed by atoms with E-state index in [9.17, 15) is 4.79 Å². The molecule has 0 aromatic heterocycles. The first kappa shape index (κ1) is 12.2. The molecule has 0 radical (unpaired) electrons. The lowest BCUT2D eigenvalue weighted by atomic mass is 10.0. The Bertz CT molecular complexity index is 517. The molecule has 0 unspecified atom stereocenters. The predicted octanol–water partition coefficient (Wildman–Crippen LogP) is 4.29. The average molecular weight is 263 g/mol. The Morgan fingerprint density at radius 2 is 1.41 bits per heavy atom. The van der Waals surface area contributed by atoms with E-state index >= 15 is 0 Å². The van der Waals surface area contributed by atoms with Crippen LogP contribution in [-0.4, -0.2) is 12.0 Å². The maximum Gasteiger partial charge on any atom is 0.193 e. The van der Waals surface area contributed by atoms with Crippen LogP contribution in [0.2, 0.25) is 5.02 Å². The first-order valence-corrected chi connectivity index (χ1v) is 6.75. The molecule has 3 heteroatoms. The number of halogens is 1. The van der Waals surface area contributed by atoms with Crippen LogP contribution in [0.4, 0.5) is 0 Å². The summed E-state index contributed by atoms with van der Waals surface area (Å²) in [6, 6.07) is 14.5. The van der Waals surface area contributed by atoms with E-state index in [2.05, 4.69) is 0 Å². The Balaban J connectivity index is 2.27. The highest BCUT2D eigenvalue weighted by molar-refractivity contribution is 7.98. The van der Waals surface area contributed by atoms with Crippen LogP contribution in [0, 0.1) is 0 Å². The minimum atomic E-state index is 0.0225. The normalized spacial score (nSPS) is 10.2. The van der Waals surface area contributed by atoms with E-state index < -0.39 is 0 Å². The number of ketones is 1. The molecule has 2 aromatic rings. The van der Waals surface area contributed by atoms with Crippen molar-refractivity contribution < 1.29 is 4.79 Å². The van der Waals surface area contributed by atoms with Crippen LogP contribution in [0.5, 0.6) is 0 Å². The number of carbonyl (C=O) groups excluding carboxylic acids is 1. The number of thioether (sulfide) groups is 1. The van der Waals surface area contributed by atoms with Crippen LogP contribution < -0.4 is 0 Å². The van der Waals surface area contributed by atoms with Gasteiger partial charge in [0.05, 0.1) is 0 Å². The van der Waals surface area contributed by atoms with E-state index in [1.807, 2.05) is 30.5 Å². The Hall–Kier alpha value is -1.25. The van der Waals surface area contributed by atoms with Crippen LogP contribution in [0.3, 0.4) is 0 Å². The predicted molar refractivity (Wildman–Crippen MR) is 73.1 cm³/mol. The van der Waals surface area contributed by atoms with Crippen LogP contribution in [0.25, 0.3) is 0 Å². The van der Waals surface area contributed by atoms with Crippen LogP contribution in [0.1, 0.15) is 15.9 Å². The van der Waals surface area contributed by atoms with E-state index in [1.54, 1.807) is 36.0 Å². The lowest BCUT2D eigenvalue weighted by Crippen LogP contribution is -2.00. The molecule has 0 aliphatic carbocycles. The summed E-state index contributed by atoms with van der Waals surface area (Å²) in [4.78, 5) is 13.3. The molecule has 0 N–H and O–H groups in total. The molecule has 0 amide bonds. The minimum absolute atomic E-state index is 0.0225. The van der Waals surface area contributed by atoms with E-state index in [0.29, 0.717) is 16.1 Å². The van der Waals surface area contributed by atoms with Crippen molar-refractivity contribution in [3.05, 3.63) is 64.7 Å². The highest BCUT2D eigenvalue weighted by Crippen LogP contribution is 2.18. The van der Waals surface area contributed by atoms with E-state index in [-0.39, 0.29) is 5.78 Å². The summed E-state index contributed by atoms with van der Waals surface area (Å²) >= 11 is 7.45. The fraction of sp³-hybridized carbons (Fsp3) is 0.0714. The Kier molecular flexibility index (Phi) is 3.87. The molecule has 86 valence electrons. The zero-order chi connectivity index (χ0) is 12.3. The Morgan fingerprint density at radius 1 is 0.941 bits per heavy atom. The van der Waals surface area contributed by atoms with Gasteiger partial charge < -0.3 is 0 Å². The number of hydrogen-bond acceptors (Lipinski definition) is 2. The smallest absolute Gasteiger partial charge is 0.193 e.